The first-order chi connectivity index (χ1) is 10.1. The Hall–Kier alpha value is -2.82. The van der Waals surface area contributed by atoms with Gasteiger partial charge in [0.05, 0.1) is 5.56 Å². The first-order valence-corrected chi connectivity index (χ1v) is 6.59. The van der Waals surface area contributed by atoms with Gasteiger partial charge in [0.25, 0.3) is 5.89 Å². The molecule has 0 saturated carbocycles. The fourth-order valence-corrected chi connectivity index (χ4v) is 2.14. The quantitative estimate of drug-likeness (QED) is 0.721. The number of hydrogen-bond donors (Lipinski definition) is 2. The number of hydrogen-bond acceptors (Lipinski definition) is 5. The molecule has 0 fully saturated rings. The topological polar surface area (TPSA) is 85.2 Å². The minimum absolute atomic E-state index is 0.0288. The third-order valence-corrected chi connectivity index (χ3v) is 3.33. The zero-order valence-corrected chi connectivity index (χ0v) is 11.6. The SMILES string of the molecule is Cc1ccccc1Cc1noc(-c2ccc(N)cc2O)n1. The van der Waals surface area contributed by atoms with Crippen LogP contribution in [0.2, 0.25) is 0 Å². The summed E-state index contributed by atoms with van der Waals surface area (Å²) in [6, 6.07) is 12.9. The van der Waals surface area contributed by atoms with Crippen molar-refractivity contribution in [3.05, 3.63) is 59.4 Å². The Morgan fingerprint density at radius 2 is 2.00 bits per heavy atom. The van der Waals surface area contributed by atoms with Crippen molar-refractivity contribution >= 4 is 5.69 Å². The molecule has 21 heavy (non-hydrogen) atoms. The molecule has 0 radical (unpaired) electrons. The number of aromatic nitrogens is 2. The van der Waals surface area contributed by atoms with E-state index in [0.717, 1.165) is 5.56 Å². The van der Waals surface area contributed by atoms with E-state index in [2.05, 4.69) is 10.1 Å². The summed E-state index contributed by atoms with van der Waals surface area (Å²) < 4.78 is 5.22. The summed E-state index contributed by atoms with van der Waals surface area (Å²) in [7, 11) is 0. The maximum Gasteiger partial charge on any atom is 0.261 e. The first-order valence-electron chi connectivity index (χ1n) is 6.59. The second kappa shape index (κ2) is 5.28. The third kappa shape index (κ3) is 2.72. The molecule has 106 valence electrons. The highest BCUT2D eigenvalue weighted by Gasteiger charge is 2.13. The molecule has 1 aromatic heterocycles. The van der Waals surface area contributed by atoms with Crippen molar-refractivity contribution in [2.24, 2.45) is 0 Å². The van der Waals surface area contributed by atoms with Crippen LogP contribution in [0.1, 0.15) is 17.0 Å². The summed E-state index contributed by atoms with van der Waals surface area (Å²) in [6.45, 7) is 2.04. The number of aromatic hydroxyl groups is 1. The molecule has 1 heterocycles. The van der Waals surface area contributed by atoms with Gasteiger partial charge < -0.3 is 15.4 Å². The smallest absolute Gasteiger partial charge is 0.261 e. The van der Waals surface area contributed by atoms with E-state index in [4.69, 9.17) is 10.3 Å². The minimum Gasteiger partial charge on any atom is -0.507 e. The highest BCUT2D eigenvalue weighted by Crippen LogP contribution is 2.29. The Morgan fingerprint density at radius 1 is 1.19 bits per heavy atom. The van der Waals surface area contributed by atoms with Crippen molar-refractivity contribution in [1.82, 2.24) is 10.1 Å². The molecule has 0 saturated heterocycles. The van der Waals surface area contributed by atoms with Gasteiger partial charge in [-0.05, 0) is 30.2 Å². The number of rotatable bonds is 3. The van der Waals surface area contributed by atoms with Crippen molar-refractivity contribution in [2.45, 2.75) is 13.3 Å². The Balaban J connectivity index is 1.88. The molecule has 5 heteroatoms. The molecule has 0 spiro atoms. The van der Waals surface area contributed by atoms with Crippen LogP contribution in [0.4, 0.5) is 5.69 Å². The van der Waals surface area contributed by atoms with Crippen LogP contribution in [-0.4, -0.2) is 15.2 Å². The van der Waals surface area contributed by atoms with Crippen molar-refractivity contribution in [1.29, 1.82) is 0 Å². The molecule has 3 rings (SSSR count). The Morgan fingerprint density at radius 3 is 2.76 bits per heavy atom. The number of phenols is 1. The van der Waals surface area contributed by atoms with Gasteiger partial charge in [-0.15, -0.1) is 0 Å². The zero-order valence-electron chi connectivity index (χ0n) is 11.6. The van der Waals surface area contributed by atoms with Gasteiger partial charge in [-0.25, -0.2) is 0 Å². The maximum absolute atomic E-state index is 9.88. The van der Waals surface area contributed by atoms with Crippen LogP contribution in [0.15, 0.2) is 47.0 Å². The molecule has 3 N–H and O–H groups in total. The lowest BCUT2D eigenvalue weighted by molar-refractivity contribution is 0.418. The van der Waals surface area contributed by atoms with E-state index in [9.17, 15) is 5.11 Å². The highest BCUT2D eigenvalue weighted by atomic mass is 16.5. The summed E-state index contributed by atoms with van der Waals surface area (Å²) >= 11 is 0. The molecule has 0 bridgehead atoms. The standard InChI is InChI=1S/C16H15N3O2/c1-10-4-2-3-5-11(10)8-15-18-16(21-19-15)13-7-6-12(17)9-14(13)20/h2-7,9,20H,8,17H2,1H3. The molecule has 0 aliphatic rings. The lowest BCUT2D eigenvalue weighted by atomic mass is 10.1. The Labute approximate surface area is 122 Å². The van der Waals surface area contributed by atoms with Gasteiger partial charge in [-0.1, -0.05) is 29.4 Å². The van der Waals surface area contributed by atoms with Gasteiger partial charge in [0.15, 0.2) is 5.82 Å². The molecule has 0 atom stereocenters. The number of anilines is 1. The van der Waals surface area contributed by atoms with E-state index >= 15 is 0 Å². The molecule has 0 aliphatic carbocycles. The summed E-state index contributed by atoms with van der Waals surface area (Å²) in [4.78, 5) is 4.33. The van der Waals surface area contributed by atoms with Crippen LogP contribution >= 0.6 is 0 Å². The lowest BCUT2D eigenvalue weighted by Gasteiger charge is -2.01. The average Bonchev–Trinajstić information content (AvgIpc) is 2.90. The predicted molar refractivity (Wildman–Crippen MR) is 79.8 cm³/mol. The monoisotopic (exact) mass is 281 g/mol. The average molecular weight is 281 g/mol. The second-order valence-corrected chi connectivity index (χ2v) is 4.90. The van der Waals surface area contributed by atoms with E-state index in [0.29, 0.717) is 23.5 Å². The summed E-state index contributed by atoms with van der Waals surface area (Å²) in [5.74, 6) is 0.896. The molecule has 5 nitrogen and oxygen atoms in total. The molecule has 0 amide bonds. The fourth-order valence-electron chi connectivity index (χ4n) is 2.14. The van der Waals surface area contributed by atoms with Crippen molar-refractivity contribution < 1.29 is 9.63 Å². The maximum atomic E-state index is 9.88. The zero-order chi connectivity index (χ0) is 14.8. The second-order valence-electron chi connectivity index (χ2n) is 4.90. The number of phenolic OH excluding ortho intramolecular Hbond substituents is 1. The molecule has 2 aromatic carbocycles. The number of nitrogens with zero attached hydrogens (tertiary/aromatic N) is 2. The van der Waals surface area contributed by atoms with Crippen LogP contribution in [-0.2, 0) is 6.42 Å². The van der Waals surface area contributed by atoms with E-state index in [1.54, 1.807) is 12.1 Å². The van der Waals surface area contributed by atoms with Gasteiger partial charge >= 0.3 is 0 Å². The molecule has 0 aliphatic heterocycles. The normalized spacial score (nSPS) is 10.7. The fraction of sp³-hybridized carbons (Fsp3) is 0.125. The van der Waals surface area contributed by atoms with Gasteiger partial charge in [0.1, 0.15) is 5.75 Å². The van der Waals surface area contributed by atoms with Crippen LogP contribution in [0, 0.1) is 6.92 Å². The van der Waals surface area contributed by atoms with Crippen LogP contribution in [0.25, 0.3) is 11.5 Å². The molecule has 3 aromatic rings. The van der Waals surface area contributed by atoms with Gasteiger partial charge in [0.2, 0.25) is 0 Å². The number of benzene rings is 2. The van der Waals surface area contributed by atoms with E-state index in [1.807, 2.05) is 31.2 Å². The summed E-state index contributed by atoms with van der Waals surface area (Å²) in [5.41, 5.74) is 8.89. The van der Waals surface area contributed by atoms with Crippen LogP contribution < -0.4 is 5.73 Å². The summed E-state index contributed by atoms with van der Waals surface area (Å²) in [6.07, 6.45) is 0.589. The third-order valence-electron chi connectivity index (χ3n) is 3.33. The lowest BCUT2D eigenvalue weighted by Crippen LogP contribution is -1.93. The number of aryl methyl sites for hydroxylation is 1. The van der Waals surface area contributed by atoms with Gasteiger partial charge in [-0.2, -0.15) is 4.98 Å². The molecular weight excluding hydrogens is 266 g/mol. The molecule has 0 unspecified atom stereocenters. The first kappa shape index (κ1) is 13.2. The number of nitrogen functional groups attached to an aromatic ring is 1. The predicted octanol–water partition coefficient (Wildman–Crippen LogP) is 2.92. The van der Waals surface area contributed by atoms with Crippen LogP contribution in [0.3, 0.4) is 0 Å². The Kier molecular flexibility index (Phi) is 3.31. The largest absolute Gasteiger partial charge is 0.507 e. The summed E-state index contributed by atoms with van der Waals surface area (Å²) in [5, 5.41) is 13.8. The van der Waals surface area contributed by atoms with Crippen molar-refractivity contribution in [3.8, 4) is 17.2 Å². The van der Waals surface area contributed by atoms with Crippen molar-refractivity contribution in [2.75, 3.05) is 5.73 Å². The van der Waals surface area contributed by atoms with E-state index in [1.165, 1.54) is 11.6 Å². The van der Waals surface area contributed by atoms with Gasteiger partial charge in [-0.3, -0.25) is 0 Å². The minimum atomic E-state index is 0.0288. The van der Waals surface area contributed by atoms with Gasteiger partial charge in [0, 0.05) is 18.2 Å². The Bertz CT molecular complexity index is 781. The van der Waals surface area contributed by atoms with E-state index < -0.39 is 0 Å². The van der Waals surface area contributed by atoms with E-state index in [-0.39, 0.29) is 11.6 Å². The highest BCUT2D eigenvalue weighted by molar-refractivity contribution is 5.66. The number of nitrogens with two attached hydrogens (primary N) is 1. The van der Waals surface area contributed by atoms with Crippen molar-refractivity contribution in [3.63, 3.8) is 0 Å². The molecular formula is C16H15N3O2. The van der Waals surface area contributed by atoms with Crippen LogP contribution in [0.5, 0.6) is 5.75 Å².